The molecule has 5 nitrogen and oxygen atoms in total. The van der Waals surface area contributed by atoms with E-state index in [2.05, 4.69) is 18.3 Å². The number of anilines is 1. The second kappa shape index (κ2) is 9.04. The Labute approximate surface area is 182 Å². The van der Waals surface area contributed by atoms with Crippen LogP contribution in [0.1, 0.15) is 34.0 Å². The molecule has 0 radical (unpaired) electrons. The monoisotopic (exact) mass is 414 g/mol. The summed E-state index contributed by atoms with van der Waals surface area (Å²) in [6, 6.07) is 23.0. The zero-order valence-corrected chi connectivity index (χ0v) is 17.8. The third-order valence-electron chi connectivity index (χ3n) is 5.62. The van der Waals surface area contributed by atoms with Crippen molar-refractivity contribution in [2.45, 2.75) is 32.4 Å². The molecule has 3 aromatic carbocycles. The highest BCUT2D eigenvalue weighted by atomic mass is 16.5. The summed E-state index contributed by atoms with van der Waals surface area (Å²) in [6.45, 7) is 2.49. The molecule has 0 saturated carbocycles. The maximum atomic E-state index is 13.1. The second-order valence-electron chi connectivity index (χ2n) is 7.86. The Morgan fingerprint density at radius 2 is 1.71 bits per heavy atom. The Kier molecular flexibility index (Phi) is 6.03. The summed E-state index contributed by atoms with van der Waals surface area (Å²) in [4.78, 5) is 27.3. The van der Waals surface area contributed by atoms with Crippen molar-refractivity contribution in [2.75, 3.05) is 12.0 Å². The number of carbonyl (C=O) groups is 2. The van der Waals surface area contributed by atoms with Crippen LogP contribution in [-0.4, -0.2) is 25.0 Å². The maximum absolute atomic E-state index is 13.1. The molecule has 1 heterocycles. The summed E-state index contributed by atoms with van der Waals surface area (Å²) >= 11 is 0. The Bertz CT molecular complexity index is 1080. The third kappa shape index (κ3) is 4.61. The molecule has 31 heavy (non-hydrogen) atoms. The van der Waals surface area contributed by atoms with Crippen molar-refractivity contribution in [1.82, 2.24) is 5.32 Å². The van der Waals surface area contributed by atoms with Gasteiger partial charge in [-0.1, -0.05) is 42.5 Å². The van der Waals surface area contributed by atoms with E-state index in [1.165, 1.54) is 0 Å². The molecule has 1 aliphatic heterocycles. The molecule has 2 amide bonds. The zero-order valence-electron chi connectivity index (χ0n) is 17.8. The van der Waals surface area contributed by atoms with E-state index in [1.807, 2.05) is 71.6 Å². The molecule has 1 aliphatic rings. The minimum atomic E-state index is -0.0451. The lowest BCUT2D eigenvalue weighted by atomic mass is 10.1. The first kappa shape index (κ1) is 20.7. The predicted molar refractivity (Wildman–Crippen MR) is 121 cm³/mol. The van der Waals surface area contributed by atoms with Crippen molar-refractivity contribution < 1.29 is 14.3 Å². The lowest BCUT2D eigenvalue weighted by Crippen LogP contribution is -2.35. The van der Waals surface area contributed by atoms with Crippen LogP contribution in [0.5, 0.6) is 5.75 Å². The van der Waals surface area contributed by atoms with Crippen LogP contribution in [0.3, 0.4) is 0 Å². The number of fused-ring (bicyclic) bond motifs is 1. The fraction of sp³-hybridized carbons (Fsp3) is 0.231. The van der Waals surface area contributed by atoms with Gasteiger partial charge in [0.1, 0.15) is 5.75 Å². The molecule has 1 atom stereocenters. The number of nitrogens with one attached hydrogen (secondary N) is 1. The number of methoxy groups -OCH3 is 1. The highest BCUT2D eigenvalue weighted by Gasteiger charge is 2.31. The normalized spacial score (nSPS) is 14.8. The number of carbonyl (C=O) groups excluding carboxylic acids is 2. The number of ether oxygens (including phenoxy) is 1. The summed E-state index contributed by atoms with van der Waals surface area (Å²) in [7, 11) is 1.62. The van der Waals surface area contributed by atoms with Crippen molar-refractivity contribution in [3.63, 3.8) is 0 Å². The molecule has 0 aromatic heterocycles. The Balaban J connectivity index is 1.43. The maximum Gasteiger partial charge on any atom is 0.258 e. The lowest BCUT2D eigenvalue weighted by Gasteiger charge is -2.23. The van der Waals surface area contributed by atoms with E-state index in [1.54, 1.807) is 7.11 Å². The third-order valence-corrected chi connectivity index (χ3v) is 5.62. The average molecular weight is 415 g/mol. The molecule has 1 N–H and O–H groups in total. The van der Waals surface area contributed by atoms with E-state index in [9.17, 15) is 9.59 Å². The molecule has 3 aromatic rings. The van der Waals surface area contributed by atoms with E-state index < -0.39 is 0 Å². The molecular weight excluding hydrogens is 388 g/mol. The first-order chi connectivity index (χ1) is 15.0. The summed E-state index contributed by atoms with van der Waals surface area (Å²) in [5.74, 6) is 0.731. The van der Waals surface area contributed by atoms with Gasteiger partial charge in [-0.05, 0) is 60.4 Å². The van der Waals surface area contributed by atoms with Gasteiger partial charge < -0.3 is 15.0 Å². The van der Waals surface area contributed by atoms with Crippen LogP contribution in [0, 0.1) is 0 Å². The quantitative estimate of drug-likeness (QED) is 0.659. The summed E-state index contributed by atoms with van der Waals surface area (Å²) in [6.07, 6.45) is 1.14. The fourth-order valence-electron chi connectivity index (χ4n) is 3.98. The first-order valence-corrected chi connectivity index (χ1v) is 10.4. The molecule has 0 bridgehead atoms. The van der Waals surface area contributed by atoms with Gasteiger partial charge in [-0.3, -0.25) is 9.59 Å². The molecule has 0 fully saturated rings. The molecule has 0 spiro atoms. The topological polar surface area (TPSA) is 58.6 Å². The van der Waals surface area contributed by atoms with E-state index in [4.69, 9.17) is 4.74 Å². The minimum Gasteiger partial charge on any atom is -0.497 e. The van der Waals surface area contributed by atoms with Gasteiger partial charge in [-0.15, -0.1) is 0 Å². The van der Waals surface area contributed by atoms with E-state index in [-0.39, 0.29) is 17.9 Å². The van der Waals surface area contributed by atoms with Crippen LogP contribution in [0.4, 0.5) is 5.69 Å². The Morgan fingerprint density at radius 3 is 2.42 bits per heavy atom. The highest BCUT2D eigenvalue weighted by molar-refractivity contribution is 6.07. The number of amides is 2. The largest absolute Gasteiger partial charge is 0.497 e. The van der Waals surface area contributed by atoms with Gasteiger partial charge in [0.25, 0.3) is 5.91 Å². The minimum absolute atomic E-state index is 0.00698. The van der Waals surface area contributed by atoms with Crippen LogP contribution in [0.25, 0.3) is 0 Å². The van der Waals surface area contributed by atoms with Crippen molar-refractivity contribution in [3.05, 3.63) is 95.1 Å². The standard InChI is InChI=1S/C26H26N2O3/c1-18-14-22-11-8-20(15-24(22)28(18)26(30)21-6-4-3-5-7-21)17-27-25(29)16-19-9-12-23(31-2)13-10-19/h3-13,15,18H,14,16-17H2,1-2H3,(H,27,29). The van der Waals surface area contributed by atoms with Crippen molar-refractivity contribution >= 4 is 17.5 Å². The van der Waals surface area contributed by atoms with Gasteiger partial charge in [-0.25, -0.2) is 0 Å². The lowest BCUT2D eigenvalue weighted by molar-refractivity contribution is -0.120. The van der Waals surface area contributed by atoms with Gasteiger partial charge in [0.05, 0.1) is 13.5 Å². The summed E-state index contributed by atoms with van der Waals surface area (Å²) in [5.41, 5.74) is 4.68. The fourth-order valence-corrected chi connectivity index (χ4v) is 3.98. The van der Waals surface area contributed by atoms with Gasteiger partial charge in [0.15, 0.2) is 0 Å². The molecule has 5 heteroatoms. The second-order valence-corrected chi connectivity index (χ2v) is 7.86. The molecule has 0 saturated heterocycles. The Morgan fingerprint density at radius 1 is 1.00 bits per heavy atom. The summed E-state index contributed by atoms with van der Waals surface area (Å²) in [5, 5.41) is 2.98. The van der Waals surface area contributed by atoms with Gasteiger partial charge in [0.2, 0.25) is 5.91 Å². The highest BCUT2D eigenvalue weighted by Crippen LogP contribution is 2.34. The van der Waals surface area contributed by atoms with Crippen LogP contribution in [0.2, 0.25) is 0 Å². The SMILES string of the molecule is COc1ccc(CC(=O)NCc2ccc3c(c2)N(C(=O)c2ccccc2)C(C)C3)cc1. The van der Waals surface area contributed by atoms with E-state index >= 15 is 0 Å². The number of hydrogen-bond donors (Lipinski definition) is 1. The number of rotatable bonds is 6. The van der Waals surface area contributed by atoms with E-state index in [0.717, 1.165) is 34.5 Å². The first-order valence-electron chi connectivity index (χ1n) is 10.4. The van der Waals surface area contributed by atoms with Crippen molar-refractivity contribution in [1.29, 1.82) is 0 Å². The Hall–Kier alpha value is -3.60. The van der Waals surface area contributed by atoms with Gasteiger partial charge in [0, 0.05) is 23.8 Å². The smallest absolute Gasteiger partial charge is 0.258 e. The number of nitrogens with zero attached hydrogens (tertiary/aromatic N) is 1. The van der Waals surface area contributed by atoms with Gasteiger partial charge >= 0.3 is 0 Å². The van der Waals surface area contributed by atoms with Gasteiger partial charge in [-0.2, -0.15) is 0 Å². The molecule has 1 unspecified atom stereocenters. The van der Waals surface area contributed by atoms with Crippen LogP contribution in [0.15, 0.2) is 72.8 Å². The summed E-state index contributed by atoms with van der Waals surface area (Å²) < 4.78 is 5.15. The molecule has 158 valence electrons. The van der Waals surface area contributed by atoms with Crippen LogP contribution >= 0.6 is 0 Å². The van der Waals surface area contributed by atoms with Crippen LogP contribution in [-0.2, 0) is 24.2 Å². The van der Waals surface area contributed by atoms with E-state index in [0.29, 0.717) is 18.5 Å². The number of hydrogen-bond acceptors (Lipinski definition) is 3. The molecular formula is C26H26N2O3. The molecule has 4 rings (SSSR count). The van der Waals surface area contributed by atoms with Crippen LogP contribution < -0.4 is 15.0 Å². The predicted octanol–water partition coefficient (Wildman–Crippen LogP) is 4.15. The number of benzene rings is 3. The van der Waals surface area contributed by atoms with Crippen molar-refractivity contribution in [2.24, 2.45) is 0 Å². The van der Waals surface area contributed by atoms with Crippen molar-refractivity contribution in [3.8, 4) is 5.75 Å². The zero-order chi connectivity index (χ0) is 21.8. The molecule has 0 aliphatic carbocycles. The average Bonchev–Trinajstić information content (AvgIpc) is 3.13.